The number of rotatable bonds is 20. The van der Waals surface area contributed by atoms with Gasteiger partial charge in [0.2, 0.25) is 0 Å². The summed E-state index contributed by atoms with van der Waals surface area (Å²) in [6, 6.07) is 52.2. The first-order valence-corrected chi connectivity index (χ1v) is 43.3. The molecule has 0 spiro atoms. The van der Waals surface area contributed by atoms with Crippen molar-refractivity contribution in [2.75, 3.05) is 35.2 Å². The van der Waals surface area contributed by atoms with Crippen molar-refractivity contribution in [3.63, 3.8) is 0 Å². The van der Waals surface area contributed by atoms with E-state index in [4.69, 9.17) is 37.6 Å². The Balaban J connectivity index is 0.000000128. The summed E-state index contributed by atoms with van der Waals surface area (Å²) in [7, 11) is 7.47. The van der Waals surface area contributed by atoms with Crippen LogP contribution >= 0.6 is 11.3 Å². The van der Waals surface area contributed by atoms with E-state index in [1.54, 1.807) is 146 Å². The highest BCUT2D eigenvalue weighted by molar-refractivity contribution is 7.13. The van der Waals surface area contributed by atoms with Crippen LogP contribution in [0.2, 0.25) is 0 Å². The molecule has 0 radical (unpaired) electrons. The standard InChI is InChI=1S/C21H18F2N6O.C19H16F2N6O.2C19H15F2N5O2.C19H15F2N5OS/c1-12-26-10-14(11-27-12)13-4-3-5-15(8-13)21(19(30)29(2)20(24)28-21)16-6-7-25-17(9-16)18(22)23;1-27-17(28)19(25-18(27)22,13-5-7-23-15(10-13)16(20)21)12-4-2-3-11(9-12)14-6-8-24-26-14;1-26-17(27)19(24-18(26)22,13-5-7-23-15(10-13)16(20)21)12-4-2-3-11(9-12)14-6-8-28-25-14;2*1-26-17(27)19(25-18(26)22,13-5-6-24-14(8-13)16(20)21)12-4-2-3-11(7-12)15-9-23-10-28-15/h3-11,18H,1-2H3,(H2,24,28);2-10,16H,1H3,(H2,22,25)(H,24,26);2-10,16H,1H3,(H2,22,24);2*2-10,16H,1H3,(H2,22,25). The molecule has 0 saturated carbocycles. The van der Waals surface area contributed by atoms with Crippen molar-refractivity contribution >= 4 is 70.7 Å². The van der Waals surface area contributed by atoms with E-state index in [0.717, 1.165) is 32.8 Å². The fourth-order valence-electron chi connectivity index (χ4n) is 16.5. The molecule has 34 nitrogen and oxygen atoms in total. The molecule has 20 rings (SSSR count). The predicted molar refractivity (Wildman–Crippen MR) is 499 cm³/mol. The molecule has 11 N–H and O–H groups in total. The fraction of sp³-hybridized carbons (Fsp3) is 0.165. The van der Waals surface area contributed by atoms with Gasteiger partial charge in [-0.2, -0.15) is 5.10 Å². The number of carbonyl (C=O) groups excluding carboxylic acids is 5. The van der Waals surface area contributed by atoms with E-state index in [2.05, 4.69) is 85.2 Å². The van der Waals surface area contributed by atoms with Crippen molar-refractivity contribution in [1.29, 1.82) is 0 Å². The van der Waals surface area contributed by atoms with Crippen LogP contribution in [-0.2, 0) is 51.7 Å². The van der Waals surface area contributed by atoms with Gasteiger partial charge in [-0.05, 0) is 176 Å². The van der Waals surface area contributed by atoms with Crippen LogP contribution in [-0.4, -0.2) is 179 Å². The number of hydrogen-bond donors (Lipinski definition) is 6. The number of aliphatic imine (C=N–C) groups is 5. The molecular weight excluding hydrogens is 1880 g/mol. The van der Waals surface area contributed by atoms with Gasteiger partial charge in [-0.3, -0.25) is 83.5 Å². The summed E-state index contributed by atoms with van der Waals surface area (Å²) in [5, 5.41) is 10.7. The first-order chi connectivity index (χ1) is 68.0. The van der Waals surface area contributed by atoms with E-state index in [9.17, 15) is 67.9 Å². The third kappa shape index (κ3) is 18.1. The van der Waals surface area contributed by atoms with Crippen molar-refractivity contribution in [3.05, 3.63) is 364 Å². The number of aromatic nitrogens is 12. The number of nitrogens with zero attached hydrogens (tertiary/aromatic N) is 21. The number of oxazole rings is 1. The van der Waals surface area contributed by atoms with Crippen molar-refractivity contribution < 1.29 is 76.8 Å². The molecule has 15 aromatic rings. The number of hydrogen-bond acceptors (Lipinski definition) is 29. The molecule has 5 aromatic carbocycles. The minimum atomic E-state index is -2.78. The van der Waals surface area contributed by atoms with Gasteiger partial charge in [0.25, 0.3) is 61.7 Å². The number of pyridine rings is 5. The second kappa shape index (κ2) is 39.7. The molecule has 720 valence electrons. The van der Waals surface area contributed by atoms with Crippen LogP contribution in [0.3, 0.4) is 0 Å². The zero-order valence-electron chi connectivity index (χ0n) is 75.2. The summed E-state index contributed by atoms with van der Waals surface area (Å²) in [5.74, 6) is -1.06. The second-order valence-electron chi connectivity index (χ2n) is 32.1. The van der Waals surface area contributed by atoms with Crippen molar-refractivity contribution in [3.8, 4) is 55.4 Å². The van der Waals surface area contributed by atoms with Gasteiger partial charge in [0.15, 0.2) is 69.6 Å². The highest BCUT2D eigenvalue weighted by Crippen LogP contribution is 2.48. The Morgan fingerprint density at radius 1 is 0.338 bits per heavy atom. The van der Waals surface area contributed by atoms with E-state index in [-0.39, 0.29) is 57.6 Å². The third-order valence-corrected chi connectivity index (χ3v) is 24.6. The number of amides is 5. The fourth-order valence-corrected chi connectivity index (χ4v) is 17.1. The maximum Gasteiger partial charge on any atom is 0.280 e. The second-order valence-corrected chi connectivity index (χ2v) is 33.0. The van der Waals surface area contributed by atoms with E-state index in [1.165, 1.54) is 182 Å². The lowest BCUT2D eigenvalue weighted by Gasteiger charge is -2.26. The number of likely N-dealkylation sites (N-methyl/N-ethyl adjacent to an activating group) is 5. The molecule has 5 atom stereocenters. The zero-order valence-corrected chi connectivity index (χ0v) is 76.0. The molecule has 5 aliphatic heterocycles. The van der Waals surface area contributed by atoms with Crippen LogP contribution in [0.25, 0.3) is 55.4 Å². The van der Waals surface area contributed by atoms with Gasteiger partial charge >= 0.3 is 0 Å². The molecule has 10 aromatic heterocycles. The smallest absolute Gasteiger partial charge is 0.280 e. The normalized spacial score (nSPS) is 19.2. The summed E-state index contributed by atoms with van der Waals surface area (Å²) in [6.45, 7) is 1.78. The molecule has 5 amide bonds. The maximum atomic E-state index is 13.3. The van der Waals surface area contributed by atoms with Crippen LogP contribution in [0.4, 0.5) is 43.9 Å². The average Bonchev–Trinajstić information content (AvgIpc) is 1.78. The van der Waals surface area contributed by atoms with Crippen LogP contribution in [0.1, 0.15) is 122 Å². The van der Waals surface area contributed by atoms with Crippen molar-refractivity contribution in [2.24, 2.45) is 53.6 Å². The maximum absolute atomic E-state index is 13.3. The minimum Gasteiger partial charge on any atom is -0.444 e. The predicted octanol–water partition coefficient (Wildman–Crippen LogP) is 13.8. The SMILES string of the molecule is CN1C(=O)C(c2cccc(-c3ccn[nH]3)c2)(c2ccnc(C(F)F)c2)N=C1N.CN1C(=O)C(c2cccc(-c3ccon3)c2)(c2ccnc(C(F)F)c2)N=C1N.CN1C(=O)C(c2cccc(-c3cnco3)c2)(c2ccnc(C(F)F)c2)N=C1N.CN1C(=O)C(c2cccc(-c3cncs3)c2)(c2ccnc(C(F)F)c2)N=C1N.Cc1ncc(-c2cccc(C3(c4ccnc(C(F)F)c4)N=C(N)N(C)C3=O)c2)cn1. The Hall–Kier alpha value is -17.8. The molecule has 142 heavy (non-hydrogen) atoms. The van der Waals surface area contributed by atoms with Crippen molar-refractivity contribution in [2.45, 2.75) is 66.7 Å². The van der Waals surface area contributed by atoms with Gasteiger partial charge in [-0.1, -0.05) is 96.2 Å². The Labute approximate surface area is 803 Å². The summed E-state index contributed by atoms with van der Waals surface area (Å²) in [5.41, 5.74) is 30.8. The molecule has 5 unspecified atom stereocenters. The average molecular weight is 1960 g/mol. The lowest BCUT2D eigenvalue weighted by Crippen LogP contribution is -2.41. The molecule has 0 bridgehead atoms. The number of halogens is 10. The van der Waals surface area contributed by atoms with Gasteiger partial charge in [0, 0.05) is 114 Å². The number of aryl methyl sites for hydroxylation is 1. The quantitative estimate of drug-likeness (QED) is 0.0386. The number of H-pyrrole nitrogens is 1. The number of nitrogens with two attached hydrogens (primary N) is 5. The molecule has 0 fully saturated rings. The Morgan fingerprint density at radius 3 is 0.958 bits per heavy atom. The number of nitrogens with one attached hydrogen (secondary N) is 1. The van der Waals surface area contributed by atoms with Gasteiger partial charge in [-0.25, -0.2) is 83.8 Å². The number of carbonyl (C=O) groups is 5. The molecule has 15 heterocycles. The van der Waals surface area contributed by atoms with Crippen LogP contribution in [0.5, 0.6) is 0 Å². The molecule has 0 saturated heterocycles. The van der Waals surface area contributed by atoms with E-state index >= 15 is 0 Å². The van der Waals surface area contributed by atoms with E-state index in [1.807, 2.05) is 24.3 Å². The first-order valence-electron chi connectivity index (χ1n) is 42.5. The van der Waals surface area contributed by atoms with Gasteiger partial charge in [-0.15, -0.1) is 11.3 Å². The third-order valence-electron chi connectivity index (χ3n) is 23.8. The van der Waals surface area contributed by atoms with Crippen molar-refractivity contribution in [1.82, 2.24) is 84.7 Å². The zero-order chi connectivity index (χ0) is 101. The van der Waals surface area contributed by atoms with Crippen LogP contribution in [0, 0.1) is 6.92 Å². The summed E-state index contributed by atoms with van der Waals surface area (Å²) >= 11 is 1.45. The van der Waals surface area contributed by atoms with E-state index < -0.39 is 118 Å². The molecular formula is C97H79F10N27O7S. The van der Waals surface area contributed by atoms with Gasteiger partial charge < -0.3 is 37.6 Å². The Bertz CT molecular complexity index is 6750. The van der Waals surface area contributed by atoms with Crippen LogP contribution in [0.15, 0.2) is 308 Å². The Morgan fingerprint density at radius 2 is 0.655 bits per heavy atom. The van der Waals surface area contributed by atoms with E-state index in [0.29, 0.717) is 56.2 Å². The molecule has 0 aliphatic carbocycles. The number of alkyl halides is 10. The number of guanidine groups is 5. The molecule has 5 aliphatic rings. The number of thiazole rings is 1. The molecule has 45 heteroatoms. The van der Waals surface area contributed by atoms with Crippen LogP contribution < -0.4 is 28.7 Å². The highest BCUT2D eigenvalue weighted by atomic mass is 32.1. The summed E-state index contributed by atoms with van der Waals surface area (Å²) < 4.78 is 143. The lowest BCUT2D eigenvalue weighted by atomic mass is 9.82. The first kappa shape index (κ1) is 97.3. The Kier molecular flexibility index (Phi) is 27.2. The minimum absolute atomic E-state index is 0.000480. The summed E-state index contributed by atoms with van der Waals surface area (Å²) in [6.07, 6.45) is 3.26. The monoisotopic (exact) mass is 1960 g/mol. The number of benzene rings is 5. The lowest BCUT2D eigenvalue weighted by molar-refractivity contribution is -0.130. The summed E-state index contributed by atoms with van der Waals surface area (Å²) in [4.78, 5) is 130. The highest BCUT2D eigenvalue weighted by Gasteiger charge is 2.55. The topological polar surface area (TPSA) is 477 Å². The number of aromatic amines is 1. The van der Waals surface area contributed by atoms with Gasteiger partial charge in [0.1, 0.15) is 46.3 Å². The van der Waals surface area contributed by atoms with Gasteiger partial charge in [0.05, 0.1) is 22.3 Å². The largest absolute Gasteiger partial charge is 0.444 e.